The van der Waals surface area contributed by atoms with Crippen LogP contribution >= 0.6 is 0 Å². The van der Waals surface area contributed by atoms with Crippen LogP contribution in [0.5, 0.6) is 17.2 Å². The molecule has 16 nitrogen and oxygen atoms in total. The predicted octanol–water partition coefficient (Wildman–Crippen LogP) is 8.77. The minimum Gasteiger partial charge on any atom is -0.459 e. The number of rotatable bonds is 20. The van der Waals surface area contributed by atoms with E-state index in [1.54, 1.807) is 78.7 Å². The number of nitro benzene ring substituents is 2. The number of nitro groups is 2. The second-order valence-electron chi connectivity index (χ2n) is 16.4. The summed E-state index contributed by atoms with van der Waals surface area (Å²) in [6.45, 7) is 4.05. The van der Waals surface area contributed by atoms with Gasteiger partial charge in [0.2, 0.25) is 5.79 Å². The lowest BCUT2D eigenvalue weighted by molar-refractivity contribution is -0.385. The Bertz CT molecular complexity index is 2490. The number of hydrogen-bond acceptors (Lipinski definition) is 13. The van der Waals surface area contributed by atoms with Gasteiger partial charge in [-0.3, -0.25) is 25.0 Å². The van der Waals surface area contributed by atoms with Crippen LogP contribution in [0.4, 0.5) is 11.4 Å². The number of nitriles is 1. The number of benzene rings is 4. The maximum absolute atomic E-state index is 14.6. The van der Waals surface area contributed by atoms with Gasteiger partial charge in [0.1, 0.15) is 29.9 Å². The average Bonchev–Trinajstić information content (AvgIpc) is 3.32. The first-order valence-electron chi connectivity index (χ1n) is 21.6. The second kappa shape index (κ2) is 20.7. The first-order chi connectivity index (χ1) is 31.5. The summed E-state index contributed by atoms with van der Waals surface area (Å²) in [5, 5.41) is 57.1. The SMILES string of the molecule is C=CCOC12Oc3ccc(Oc4cccc([N+](=O)[O-])c4)cc3C3C(CCCCO)C(CCCCO)C=C(C(=NOCc4ccc([N+](=O)[O-])cc4)CC1N(C)C(=O)c1ccc(C#N)cc1)C32. The van der Waals surface area contributed by atoms with Crippen LogP contribution in [0, 0.1) is 49.3 Å². The lowest BCUT2D eigenvalue weighted by Crippen LogP contribution is -2.69. The molecule has 7 rings (SSSR count). The van der Waals surface area contributed by atoms with Crippen LogP contribution in [-0.2, 0) is 16.2 Å². The molecule has 4 aromatic carbocycles. The number of aliphatic hydroxyl groups excluding tert-OH is 2. The average molecular weight is 886 g/mol. The highest BCUT2D eigenvalue weighted by Gasteiger charge is 2.65. The van der Waals surface area contributed by atoms with Gasteiger partial charge < -0.3 is 34.2 Å². The van der Waals surface area contributed by atoms with Crippen LogP contribution in [-0.4, -0.2) is 75.3 Å². The molecular weight excluding hydrogens is 835 g/mol. The van der Waals surface area contributed by atoms with Crippen molar-refractivity contribution in [2.75, 3.05) is 26.9 Å². The van der Waals surface area contributed by atoms with Gasteiger partial charge in [0.15, 0.2) is 0 Å². The summed E-state index contributed by atoms with van der Waals surface area (Å²) in [6.07, 6.45) is 7.94. The summed E-state index contributed by atoms with van der Waals surface area (Å²) in [7, 11) is 1.68. The van der Waals surface area contributed by atoms with Gasteiger partial charge in [-0.1, -0.05) is 36.2 Å². The molecule has 1 amide bonds. The van der Waals surface area contributed by atoms with Crippen molar-refractivity contribution in [3.63, 3.8) is 0 Å². The number of aliphatic hydroxyl groups is 2. The number of hydrogen-bond donors (Lipinski definition) is 2. The Balaban J connectivity index is 1.41. The van der Waals surface area contributed by atoms with Gasteiger partial charge in [-0.15, -0.1) is 6.58 Å². The van der Waals surface area contributed by atoms with Crippen molar-refractivity contribution in [2.24, 2.45) is 22.9 Å². The van der Waals surface area contributed by atoms with E-state index in [9.17, 15) is 40.5 Å². The largest absolute Gasteiger partial charge is 0.459 e. The molecule has 338 valence electrons. The molecular formula is C49H51N5O11. The Kier molecular flexibility index (Phi) is 14.7. The highest BCUT2D eigenvalue weighted by molar-refractivity contribution is 6.03. The molecule has 2 N–H and O–H groups in total. The third-order valence-corrected chi connectivity index (χ3v) is 12.5. The number of non-ortho nitro benzene ring substituents is 2. The van der Waals surface area contributed by atoms with E-state index in [0.717, 1.165) is 24.0 Å². The third kappa shape index (κ3) is 9.92. The number of amides is 1. The highest BCUT2D eigenvalue weighted by atomic mass is 16.7. The summed E-state index contributed by atoms with van der Waals surface area (Å²) >= 11 is 0. The molecule has 1 fully saturated rings. The van der Waals surface area contributed by atoms with E-state index in [2.05, 4.69) is 18.7 Å². The van der Waals surface area contributed by atoms with Gasteiger partial charge in [0.25, 0.3) is 17.3 Å². The predicted molar refractivity (Wildman–Crippen MR) is 239 cm³/mol. The fourth-order valence-corrected chi connectivity index (χ4v) is 9.52. The number of fused-ring (bicyclic) bond motifs is 2. The maximum Gasteiger partial charge on any atom is 0.273 e. The summed E-state index contributed by atoms with van der Waals surface area (Å²) in [5.74, 6) is -1.89. The first kappa shape index (κ1) is 46.1. The van der Waals surface area contributed by atoms with Gasteiger partial charge in [0.05, 0.1) is 45.8 Å². The Morgan fingerprint density at radius 1 is 0.954 bits per heavy atom. The van der Waals surface area contributed by atoms with Crippen LogP contribution in [0.2, 0.25) is 0 Å². The molecule has 0 radical (unpaired) electrons. The zero-order chi connectivity index (χ0) is 46.1. The number of likely N-dealkylation sites (N-methyl/N-ethyl adjacent to an activating group) is 1. The van der Waals surface area contributed by atoms with Gasteiger partial charge in [-0.2, -0.15) is 5.26 Å². The van der Waals surface area contributed by atoms with Crippen molar-refractivity contribution in [3.8, 4) is 23.3 Å². The van der Waals surface area contributed by atoms with Crippen molar-refractivity contribution >= 4 is 23.0 Å². The van der Waals surface area contributed by atoms with Crippen LogP contribution < -0.4 is 9.47 Å². The smallest absolute Gasteiger partial charge is 0.273 e. The maximum atomic E-state index is 14.6. The molecule has 0 bridgehead atoms. The molecule has 1 saturated carbocycles. The number of ether oxygens (including phenoxy) is 3. The first-order valence-corrected chi connectivity index (χ1v) is 21.6. The van der Waals surface area contributed by atoms with E-state index in [-0.39, 0.29) is 73.6 Å². The van der Waals surface area contributed by atoms with Gasteiger partial charge in [0, 0.05) is 61.9 Å². The number of carbonyl (C=O) groups excluding carboxylic acids is 1. The molecule has 6 unspecified atom stereocenters. The molecule has 0 aromatic heterocycles. The number of carbonyl (C=O) groups is 1. The quantitative estimate of drug-likeness (QED) is 0.0368. The molecule has 6 atom stereocenters. The summed E-state index contributed by atoms with van der Waals surface area (Å²) in [5.41, 5.74) is 3.32. The van der Waals surface area contributed by atoms with Crippen molar-refractivity contribution in [3.05, 3.63) is 158 Å². The lowest BCUT2D eigenvalue weighted by Gasteiger charge is -2.59. The molecule has 3 aliphatic rings. The van der Waals surface area contributed by atoms with E-state index in [4.69, 9.17) is 24.2 Å². The number of allylic oxidation sites excluding steroid dienone is 1. The number of unbranched alkanes of at least 4 members (excludes halogenated alkanes) is 2. The zero-order valence-corrected chi connectivity index (χ0v) is 36.0. The molecule has 1 aliphatic heterocycles. The topological polar surface area (TPSA) is 220 Å². The van der Waals surface area contributed by atoms with Crippen LogP contribution in [0.3, 0.4) is 0 Å². The second-order valence-corrected chi connectivity index (χ2v) is 16.4. The Labute approximate surface area is 376 Å². The minimum absolute atomic E-state index is 0.00690. The zero-order valence-electron chi connectivity index (χ0n) is 36.0. The van der Waals surface area contributed by atoms with Crippen LogP contribution in [0.15, 0.2) is 120 Å². The van der Waals surface area contributed by atoms with E-state index in [1.165, 1.54) is 24.3 Å². The fourth-order valence-electron chi connectivity index (χ4n) is 9.52. The third-order valence-electron chi connectivity index (χ3n) is 12.5. The van der Waals surface area contributed by atoms with E-state index in [1.807, 2.05) is 6.07 Å². The number of nitrogens with zero attached hydrogens (tertiary/aromatic N) is 5. The standard InChI is InChI=1S/C49H51N5O11/c1-3-25-62-49-45(52(2)48(57)34-17-13-32(30-50)14-18-34)29-43(51-63-31-33-15-19-36(20-16-33)53(58)59)41-26-35(9-4-6-23-55)40(12-5-7-24-56)46(47(41)49)42-28-39(21-22-44(42)65-49)64-38-11-8-10-37(27-38)54(60)61/h3,8,10-11,13-22,26-28,35,40,45-47,55-56H,1,4-7,9,12,23-25,29,31H2,2H3. The molecule has 0 saturated heterocycles. The molecule has 16 heteroatoms. The Morgan fingerprint density at radius 3 is 2.34 bits per heavy atom. The van der Waals surface area contributed by atoms with Crippen LogP contribution in [0.25, 0.3) is 0 Å². The fraction of sp³-hybridized carbons (Fsp3) is 0.367. The molecule has 0 spiro atoms. The van der Waals surface area contributed by atoms with Gasteiger partial charge in [-0.25, -0.2) is 0 Å². The monoisotopic (exact) mass is 885 g/mol. The summed E-state index contributed by atoms with van der Waals surface area (Å²) < 4.78 is 20.5. The number of oxime groups is 1. The Hall–Kier alpha value is -6.93. The van der Waals surface area contributed by atoms with E-state index >= 15 is 0 Å². The molecule has 4 aromatic rings. The summed E-state index contributed by atoms with van der Waals surface area (Å²) in [4.78, 5) is 44.3. The van der Waals surface area contributed by atoms with Crippen molar-refractivity contribution in [1.82, 2.24) is 4.90 Å². The molecule has 65 heavy (non-hydrogen) atoms. The minimum atomic E-state index is -1.54. The van der Waals surface area contributed by atoms with Crippen molar-refractivity contribution in [1.29, 1.82) is 5.26 Å². The highest BCUT2D eigenvalue weighted by Crippen LogP contribution is 2.62. The van der Waals surface area contributed by atoms with Gasteiger partial charge >= 0.3 is 0 Å². The summed E-state index contributed by atoms with van der Waals surface area (Å²) in [6, 6.07) is 24.9. The lowest BCUT2D eigenvalue weighted by atomic mass is 9.55. The molecule has 1 heterocycles. The van der Waals surface area contributed by atoms with Crippen LogP contribution in [0.1, 0.15) is 77.9 Å². The van der Waals surface area contributed by atoms with E-state index < -0.39 is 27.6 Å². The van der Waals surface area contributed by atoms with E-state index in [0.29, 0.717) is 59.6 Å². The molecule has 2 aliphatic carbocycles. The van der Waals surface area contributed by atoms with Crippen molar-refractivity contribution < 1.29 is 43.9 Å². The Morgan fingerprint density at radius 2 is 1.66 bits per heavy atom. The van der Waals surface area contributed by atoms with Gasteiger partial charge in [-0.05, 0) is 109 Å². The van der Waals surface area contributed by atoms with Crippen molar-refractivity contribution in [2.45, 2.75) is 69.3 Å². The normalized spacial score (nSPS) is 22.3.